The second-order valence-corrected chi connectivity index (χ2v) is 4.31. The normalized spacial score (nSPS) is 10.4. The molecule has 0 amide bonds. The summed E-state index contributed by atoms with van der Waals surface area (Å²) >= 11 is 1.58. The maximum Gasteiger partial charge on any atom is 0.170 e. The molecule has 0 aliphatic heterocycles. The first-order valence-corrected chi connectivity index (χ1v) is 5.49. The lowest BCUT2D eigenvalue weighted by atomic mass is 10.1. The Labute approximate surface area is 92.0 Å². The molecule has 0 saturated heterocycles. The molecule has 0 radical (unpaired) electrons. The van der Waals surface area contributed by atoms with Gasteiger partial charge in [-0.05, 0) is 6.07 Å². The fourth-order valence-corrected chi connectivity index (χ4v) is 2.46. The molecular weight excluding hydrogens is 206 g/mol. The minimum atomic E-state index is 0.0416. The van der Waals surface area contributed by atoms with Crippen molar-refractivity contribution in [3.05, 3.63) is 47.5 Å². The smallest absolute Gasteiger partial charge is 0.170 e. The molecule has 0 saturated carbocycles. The molecule has 1 aromatic carbocycles. The molecule has 0 bridgehead atoms. The Morgan fingerprint density at radius 1 is 1.40 bits per heavy atom. The molecule has 0 unspecified atom stereocenters. The molecule has 0 aliphatic carbocycles. The van der Waals surface area contributed by atoms with Crippen LogP contribution in [0.25, 0.3) is 10.1 Å². The van der Waals surface area contributed by atoms with E-state index in [1.165, 1.54) is 0 Å². The Hall–Kier alpha value is -1.61. The molecule has 1 heterocycles. The van der Waals surface area contributed by atoms with E-state index in [9.17, 15) is 4.79 Å². The van der Waals surface area contributed by atoms with Gasteiger partial charge >= 0.3 is 0 Å². The van der Waals surface area contributed by atoms with E-state index in [0.29, 0.717) is 5.70 Å². The quantitative estimate of drug-likeness (QED) is 0.803. The number of allylic oxidation sites excluding steroid dienone is 1. The van der Waals surface area contributed by atoms with Gasteiger partial charge in [0.15, 0.2) is 5.78 Å². The number of fused-ring (bicyclic) bond motifs is 1. The predicted molar refractivity (Wildman–Crippen MR) is 64.1 cm³/mol. The topological polar surface area (TPSA) is 43.1 Å². The van der Waals surface area contributed by atoms with E-state index in [4.69, 9.17) is 5.73 Å². The third-order valence-electron chi connectivity index (χ3n) is 2.17. The summed E-state index contributed by atoms with van der Waals surface area (Å²) in [5.41, 5.74) is 6.60. The fraction of sp³-hybridized carbons (Fsp3) is 0.0833. The molecule has 2 nitrogen and oxygen atoms in total. The third kappa shape index (κ3) is 1.92. The lowest BCUT2D eigenvalue weighted by Crippen LogP contribution is -2.04. The zero-order chi connectivity index (χ0) is 10.8. The number of carbonyl (C=O) groups excluding carboxylic acids is 1. The van der Waals surface area contributed by atoms with Crippen LogP contribution in [-0.2, 0) is 0 Å². The molecule has 3 heteroatoms. The van der Waals surface area contributed by atoms with E-state index in [1.54, 1.807) is 11.3 Å². The van der Waals surface area contributed by atoms with E-state index in [0.717, 1.165) is 15.6 Å². The minimum Gasteiger partial charge on any atom is -0.402 e. The number of carbonyl (C=O) groups is 1. The highest BCUT2D eigenvalue weighted by Gasteiger charge is 2.11. The van der Waals surface area contributed by atoms with Crippen LogP contribution >= 0.6 is 11.3 Å². The molecular formula is C12H11NOS. The number of Topliss-reactive ketones (excluding diaryl/α,β-unsaturated/α-hetero) is 1. The van der Waals surface area contributed by atoms with Gasteiger partial charge in [-0.15, -0.1) is 11.3 Å². The zero-order valence-electron chi connectivity index (χ0n) is 8.19. The van der Waals surface area contributed by atoms with Gasteiger partial charge in [0.2, 0.25) is 0 Å². The summed E-state index contributed by atoms with van der Waals surface area (Å²) in [7, 11) is 0. The van der Waals surface area contributed by atoms with E-state index in [1.807, 2.05) is 29.6 Å². The number of hydrogen-bond donors (Lipinski definition) is 1. The molecule has 1 aromatic heterocycles. The van der Waals surface area contributed by atoms with Gasteiger partial charge in [-0.1, -0.05) is 24.8 Å². The summed E-state index contributed by atoms with van der Waals surface area (Å²) in [6.07, 6.45) is 0.223. The van der Waals surface area contributed by atoms with Crippen LogP contribution in [0.4, 0.5) is 0 Å². The Morgan fingerprint density at radius 2 is 2.13 bits per heavy atom. The van der Waals surface area contributed by atoms with E-state index >= 15 is 0 Å². The molecule has 0 spiro atoms. The second kappa shape index (κ2) is 3.87. The van der Waals surface area contributed by atoms with Crippen LogP contribution in [0.1, 0.15) is 16.8 Å². The number of thiophene rings is 1. The van der Waals surface area contributed by atoms with Crippen molar-refractivity contribution >= 4 is 27.2 Å². The highest BCUT2D eigenvalue weighted by Crippen LogP contribution is 2.26. The maximum atomic E-state index is 11.8. The first-order chi connectivity index (χ1) is 7.18. The molecule has 15 heavy (non-hydrogen) atoms. The number of ketones is 1. The highest BCUT2D eigenvalue weighted by molar-refractivity contribution is 7.17. The number of rotatable bonds is 3. The van der Waals surface area contributed by atoms with E-state index in [2.05, 4.69) is 6.58 Å². The first-order valence-electron chi connectivity index (χ1n) is 4.61. The van der Waals surface area contributed by atoms with Gasteiger partial charge in [0.25, 0.3) is 0 Å². The molecule has 0 fully saturated rings. The Balaban J connectivity index is 2.44. The largest absolute Gasteiger partial charge is 0.402 e. The van der Waals surface area contributed by atoms with E-state index in [-0.39, 0.29) is 12.2 Å². The SMILES string of the molecule is C=C(N)CC(=O)c1csc2ccccc12. The zero-order valence-corrected chi connectivity index (χ0v) is 9.01. The van der Waals surface area contributed by atoms with Gasteiger partial charge in [0, 0.05) is 26.7 Å². The van der Waals surface area contributed by atoms with Crippen LogP contribution in [0.2, 0.25) is 0 Å². The lowest BCUT2D eigenvalue weighted by molar-refractivity contribution is 0.0995. The predicted octanol–water partition coefficient (Wildman–Crippen LogP) is 2.95. The van der Waals surface area contributed by atoms with Gasteiger partial charge in [-0.2, -0.15) is 0 Å². The van der Waals surface area contributed by atoms with Crippen LogP contribution in [0.15, 0.2) is 41.9 Å². The molecule has 0 atom stereocenters. The standard InChI is InChI=1S/C12H11NOS/c1-8(13)6-11(14)10-7-15-12-5-3-2-4-9(10)12/h2-5,7H,1,6,13H2. The Kier molecular flexibility index (Phi) is 2.56. The highest BCUT2D eigenvalue weighted by atomic mass is 32.1. The number of benzene rings is 1. The number of nitrogens with two attached hydrogens (primary N) is 1. The van der Waals surface area contributed by atoms with Gasteiger partial charge in [-0.25, -0.2) is 0 Å². The summed E-state index contributed by atoms with van der Waals surface area (Å²) in [4.78, 5) is 11.8. The van der Waals surface area contributed by atoms with Crippen LogP contribution in [0.5, 0.6) is 0 Å². The number of hydrogen-bond acceptors (Lipinski definition) is 3. The summed E-state index contributed by atoms with van der Waals surface area (Å²) in [5, 5.41) is 2.89. The Morgan fingerprint density at radius 3 is 2.87 bits per heavy atom. The van der Waals surface area contributed by atoms with Crippen molar-refractivity contribution < 1.29 is 4.79 Å². The van der Waals surface area contributed by atoms with Crippen LogP contribution in [0, 0.1) is 0 Å². The molecule has 0 aliphatic rings. The van der Waals surface area contributed by atoms with Crippen LogP contribution in [-0.4, -0.2) is 5.78 Å². The van der Waals surface area contributed by atoms with Gasteiger partial charge < -0.3 is 5.73 Å². The van der Waals surface area contributed by atoms with Crippen molar-refractivity contribution in [3.8, 4) is 0 Å². The van der Waals surface area contributed by atoms with E-state index < -0.39 is 0 Å². The average Bonchev–Trinajstić information content (AvgIpc) is 2.59. The summed E-state index contributed by atoms with van der Waals surface area (Å²) < 4.78 is 1.13. The van der Waals surface area contributed by atoms with Crippen molar-refractivity contribution in [2.24, 2.45) is 5.73 Å². The van der Waals surface area contributed by atoms with Crippen molar-refractivity contribution in [2.75, 3.05) is 0 Å². The fourth-order valence-electron chi connectivity index (χ4n) is 1.50. The average molecular weight is 217 g/mol. The second-order valence-electron chi connectivity index (χ2n) is 3.40. The van der Waals surface area contributed by atoms with Crippen molar-refractivity contribution in [1.82, 2.24) is 0 Å². The molecule has 2 aromatic rings. The van der Waals surface area contributed by atoms with Gasteiger partial charge in [0.1, 0.15) is 0 Å². The monoisotopic (exact) mass is 217 g/mol. The molecule has 2 N–H and O–H groups in total. The lowest BCUT2D eigenvalue weighted by Gasteiger charge is -1.98. The summed E-state index contributed by atoms with van der Waals surface area (Å²) in [6, 6.07) is 7.87. The van der Waals surface area contributed by atoms with Crippen LogP contribution < -0.4 is 5.73 Å². The van der Waals surface area contributed by atoms with Gasteiger partial charge in [0.05, 0.1) is 6.42 Å². The molecule has 2 rings (SSSR count). The third-order valence-corrected chi connectivity index (χ3v) is 3.13. The van der Waals surface area contributed by atoms with Crippen molar-refractivity contribution in [1.29, 1.82) is 0 Å². The Bertz CT molecular complexity index is 527. The van der Waals surface area contributed by atoms with Crippen molar-refractivity contribution in [2.45, 2.75) is 6.42 Å². The van der Waals surface area contributed by atoms with Gasteiger partial charge in [-0.3, -0.25) is 4.79 Å². The summed E-state index contributed by atoms with van der Waals surface area (Å²) in [5.74, 6) is 0.0416. The van der Waals surface area contributed by atoms with Crippen LogP contribution in [0.3, 0.4) is 0 Å². The van der Waals surface area contributed by atoms with Crippen molar-refractivity contribution in [3.63, 3.8) is 0 Å². The first kappa shape index (κ1) is 9.93. The summed E-state index contributed by atoms with van der Waals surface area (Å²) in [6.45, 7) is 3.55. The minimum absolute atomic E-state index is 0.0416. The maximum absolute atomic E-state index is 11.8. The molecule has 76 valence electrons.